The van der Waals surface area contributed by atoms with Crippen molar-refractivity contribution in [3.8, 4) is 0 Å². The van der Waals surface area contributed by atoms with Gasteiger partial charge in [0.25, 0.3) is 0 Å². The number of hydrogen-bond donors (Lipinski definition) is 1. The Morgan fingerprint density at radius 1 is 1.26 bits per heavy atom. The SMILES string of the molecule is CCCCCN(C)C(=O)CCC(N)c1ccccc1. The number of amides is 1. The van der Waals surface area contributed by atoms with E-state index >= 15 is 0 Å². The van der Waals surface area contributed by atoms with Crippen LogP contribution < -0.4 is 5.73 Å². The molecule has 106 valence electrons. The molecule has 0 heterocycles. The van der Waals surface area contributed by atoms with Crippen LogP contribution in [-0.2, 0) is 4.79 Å². The zero-order chi connectivity index (χ0) is 14.1. The lowest BCUT2D eigenvalue weighted by molar-refractivity contribution is -0.130. The Hall–Kier alpha value is -1.35. The molecule has 19 heavy (non-hydrogen) atoms. The molecule has 0 fully saturated rings. The van der Waals surface area contributed by atoms with E-state index in [9.17, 15) is 4.79 Å². The van der Waals surface area contributed by atoms with E-state index in [0.29, 0.717) is 12.8 Å². The summed E-state index contributed by atoms with van der Waals surface area (Å²) in [6.45, 7) is 3.02. The van der Waals surface area contributed by atoms with Crippen LogP contribution in [-0.4, -0.2) is 24.4 Å². The fourth-order valence-electron chi connectivity index (χ4n) is 2.06. The molecule has 0 saturated heterocycles. The van der Waals surface area contributed by atoms with Gasteiger partial charge in [0.1, 0.15) is 0 Å². The van der Waals surface area contributed by atoms with Crippen molar-refractivity contribution in [1.29, 1.82) is 0 Å². The van der Waals surface area contributed by atoms with Gasteiger partial charge in [0.15, 0.2) is 0 Å². The summed E-state index contributed by atoms with van der Waals surface area (Å²) in [5, 5.41) is 0. The van der Waals surface area contributed by atoms with Crippen LogP contribution in [0.4, 0.5) is 0 Å². The third-order valence-electron chi connectivity index (χ3n) is 3.42. The lowest BCUT2D eigenvalue weighted by atomic mass is 10.0. The summed E-state index contributed by atoms with van der Waals surface area (Å²) in [5.74, 6) is 0.197. The minimum Gasteiger partial charge on any atom is -0.346 e. The van der Waals surface area contributed by atoms with Gasteiger partial charge < -0.3 is 10.6 Å². The Morgan fingerprint density at radius 2 is 1.95 bits per heavy atom. The molecule has 0 aromatic heterocycles. The predicted octanol–water partition coefficient (Wildman–Crippen LogP) is 3.12. The zero-order valence-electron chi connectivity index (χ0n) is 12.1. The summed E-state index contributed by atoms with van der Waals surface area (Å²) in [7, 11) is 1.88. The second-order valence-corrected chi connectivity index (χ2v) is 5.08. The molecule has 0 radical (unpaired) electrons. The molecule has 3 nitrogen and oxygen atoms in total. The van der Waals surface area contributed by atoms with E-state index in [1.165, 1.54) is 12.8 Å². The van der Waals surface area contributed by atoms with E-state index in [4.69, 9.17) is 5.73 Å². The molecule has 1 unspecified atom stereocenters. The van der Waals surface area contributed by atoms with Gasteiger partial charge in [-0.15, -0.1) is 0 Å². The van der Waals surface area contributed by atoms with Gasteiger partial charge in [0, 0.05) is 26.1 Å². The quantitative estimate of drug-likeness (QED) is 0.732. The summed E-state index contributed by atoms with van der Waals surface area (Å²) in [5.41, 5.74) is 7.20. The minimum absolute atomic E-state index is 0.0470. The Morgan fingerprint density at radius 3 is 2.58 bits per heavy atom. The van der Waals surface area contributed by atoms with Crippen LogP contribution in [0.3, 0.4) is 0 Å². The highest BCUT2D eigenvalue weighted by Gasteiger charge is 2.12. The lowest BCUT2D eigenvalue weighted by Crippen LogP contribution is -2.28. The van der Waals surface area contributed by atoms with Gasteiger partial charge in [-0.3, -0.25) is 4.79 Å². The monoisotopic (exact) mass is 262 g/mol. The molecule has 2 N–H and O–H groups in total. The highest BCUT2D eigenvalue weighted by atomic mass is 16.2. The Balaban J connectivity index is 2.29. The van der Waals surface area contributed by atoms with Gasteiger partial charge in [-0.05, 0) is 18.4 Å². The first-order valence-electron chi connectivity index (χ1n) is 7.19. The fraction of sp³-hybridized carbons (Fsp3) is 0.562. The summed E-state index contributed by atoms with van der Waals surface area (Å²) in [4.78, 5) is 13.8. The van der Waals surface area contributed by atoms with E-state index < -0.39 is 0 Å². The molecule has 1 aromatic rings. The van der Waals surface area contributed by atoms with E-state index in [1.54, 1.807) is 0 Å². The molecule has 1 rings (SSSR count). The molecule has 0 saturated carbocycles. The summed E-state index contributed by atoms with van der Waals surface area (Å²) in [6, 6.07) is 9.92. The normalized spacial score (nSPS) is 12.2. The average molecular weight is 262 g/mol. The first-order chi connectivity index (χ1) is 9.15. The Bertz CT molecular complexity index is 364. The van der Waals surface area contributed by atoms with E-state index in [0.717, 1.165) is 18.5 Å². The largest absolute Gasteiger partial charge is 0.346 e. The number of carbonyl (C=O) groups excluding carboxylic acids is 1. The topological polar surface area (TPSA) is 46.3 Å². The molecule has 1 aromatic carbocycles. The number of nitrogens with zero attached hydrogens (tertiary/aromatic N) is 1. The van der Waals surface area contributed by atoms with Gasteiger partial charge in [0.05, 0.1) is 0 Å². The molecule has 1 amide bonds. The van der Waals surface area contributed by atoms with Crippen molar-refractivity contribution in [1.82, 2.24) is 4.90 Å². The van der Waals surface area contributed by atoms with Crippen molar-refractivity contribution < 1.29 is 4.79 Å². The fourth-order valence-corrected chi connectivity index (χ4v) is 2.06. The summed E-state index contributed by atoms with van der Waals surface area (Å²) < 4.78 is 0. The van der Waals surface area contributed by atoms with Crippen molar-refractivity contribution in [2.24, 2.45) is 5.73 Å². The van der Waals surface area contributed by atoms with Crippen molar-refractivity contribution in [2.75, 3.05) is 13.6 Å². The van der Waals surface area contributed by atoms with Crippen molar-refractivity contribution in [3.05, 3.63) is 35.9 Å². The maximum atomic E-state index is 11.9. The van der Waals surface area contributed by atoms with Crippen molar-refractivity contribution >= 4 is 5.91 Å². The van der Waals surface area contributed by atoms with Gasteiger partial charge in [0.2, 0.25) is 5.91 Å². The molecule has 3 heteroatoms. The maximum Gasteiger partial charge on any atom is 0.222 e. The highest BCUT2D eigenvalue weighted by molar-refractivity contribution is 5.75. The molecule has 1 atom stereocenters. The van der Waals surface area contributed by atoms with Gasteiger partial charge in [-0.1, -0.05) is 50.1 Å². The average Bonchev–Trinajstić information content (AvgIpc) is 2.45. The number of unbranched alkanes of at least 4 members (excludes halogenated alkanes) is 2. The van der Waals surface area contributed by atoms with Crippen molar-refractivity contribution in [3.63, 3.8) is 0 Å². The van der Waals surface area contributed by atoms with Crippen LogP contribution in [0, 0.1) is 0 Å². The Labute approximate surface area is 116 Å². The zero-order valence-corrected chi connectivity index (χ0v) is 12.1. The van der Waals surface area contributed by atoms with Crippen LogP contribution in [0.2, 0.25) is 0 Å². The smallest absolute Gasteiger partial charge is 0.222 e. The highest BCUT2D eigenvalue weighted by Crippen LogP contribution is 2.15. The lowest BCUT2D eigenvalue weighted by Gasteiger charge is -2.18. The van der Waals surface area contributed by atoms with Gasteiger partial charge in [-0.25, -0.2) is 0 Å². The molecule has 0 bridgehead atoms. The van der Waals surface area contributed by atoms with Crippen molar-refractivity contribution in [2.45, 2.75) is 45.1 Å². The van der Waals surface area contributed by atoms with E-state index in [2.05, 4.69) is 6.92 Å². The molecule has 0 spiro atoms. The number of benzene rings is 1. The minimum atomic E-state index is -0.0470. The van der Waals surface area contributed by atoms with Gasteiger partial charge in [-0.2, -0.15) is 0 Å². The summed E-state index contributed by atoms with van der Waals surface area (Å²) >= 11 is 0. The number of hydrogen-bond acceptors (Lipinski definition) is 2. The molecule has 0 aliphatic carbocycles. The number of nitrogens with two attached hydrogens (primary N) is 1. The van der Waals surface area contributed by atoms with E-state index in [-0.39, 0.29) is 11.9 Å². The predicted molar refractivity (Wildman–Crippen MR) is 79.8 cm³/mol. The molecule has 0 aliphatic rings. The second-order valence-electron chi connectivity index (χ2n) is 5.08. The third kappa shape index (κ3) is 5.88. The molecular formula is C16H26N2O. The number of carbonyl (C=O) groups is 1. The van der Waals surface area contributed by atoms with Crippen LogP contribution in [0.25, 0.3) is 0 Å². The standard InChI is InChI=1S/C16H26N2O/c1-3-4-8-13-18(2)16(19)12-11-15(17)14-9-6-5-7-10-14/h5-7,9-10,15H,3-4,8,11-13,17H2,1-2H3. The van der Waals surface area contributed by atoms with Crippen LogP contribution >= 0.6 is 0 Å². The van der Waals surface area contributed by atoms with Crippen LogP contribution in [0.5, 0.6) is 0 Å². The van der Waals surface area contributed by atoms with Gasteiger partial charge >= 0.3 is 0 Å². The van der Waals surface area contributed by atoms with Crippen LogP contribution in [0.15, 0.2) is 30.3 Å². The first-order valence-corrected chi connectivity index (χ1v) is 7.19. The maximum absolute atomic E-state index is 11.9. The number of rotatable bonds is 8. The Kier molecular flexibility index (Phi) is 7.19. The first kappa shape index (κ1) is 15.7. The summed E-state index contributed by atoms with van der Waals surface area (Å²) in [6.07, 6.45) is 4.69. The van der Waals surface area contributed by atoms with E-state index in [1.807, 2.05) is 42.3 Å². The second kappa shape index (κ2) is 8.70. The molecular weight excluding hydrogens is 236 g/mol. The third-order valence-corrected chi connectivity index (χ3v) is 3.42. The van der Waals surface area contributed by atoms with Crippen LogP contribution in [0.1, 0.15) is 50.6 Å². The molecule has 0 aliphatic heterocycles.